The summed E-state index contributed by atoms with van der Waals surface area (Å²) in [7, 11) is 1.78. The Morgan fingerprint density at radius 3 is 2.51 bits per heavy atom. The minimum atomic E-state index is -2.97. The molecule has 0 radical (unpaired) electrons. The fourth-order valence-electron chi connectivity index (χ4n) is 5.11. The molecule has 0 aliphatic carbocycles. The lowest BCUT2D eigenvalue weighted by atomic mass is 9.83. The molecule has 198 valence electrons. The van der Waals surface area contributed by atoms with Crippen molar-refractivity contribution in [2.24, 2.45) is 5.92 Å². The van der Waals surface area contributed by atoms with Crippen molar-refractivity contribution in [3.05, 3.63) is 53.3 Å². The Kier molecular flexibility index (Phi) is 7.84. The molecular formula is C26H30FN3O6S. The fourth-order valence-corrected chi connectivity index (χ4v) is 5.69. The first-order valence-electron chi connectivity index (χ1n) is 11.9. The lowest BCUT2D eigenvalue weighted by Gasteiger charge is -2.36. The van der Waals surface area contributed by atoms with Crippen LogP contribution in [-0.4, -0.2) is 66.0 Å². The molecule has 2 unspecified atom stereocenters. The van der Waals surface area contributed by atoms with Gasteiger partial charge in [0.25, 0.3) is 5.91 Å². The summed E-state index contributed by atoms with van der Waals surface area (Å²) in [5.41, 5.74) is 2.20. The van der Waals surface area contributed by atoms with Crippen molar-refractivity contribution in [3.8, 4) is 11.3 Å². The summed E-state index contributed by atoms with van der Waals surface area (Å²) in [4.78, 5) is 27.4. The summed E-state index contributed by atoms with van der Waals surface area (Å²) in [5, 5.41) is 3.13. The molecule has 3 aromatic rings. The van der Waals surface area contributed by atoms with Crippen molar-refractivity contribution in [2.75, 3.05) is 45.1 Å². The summed E-state index contributed by atoms with van der Waals surface area (Å²) in [6.45, 7) is 3.02. The van der Waals surface area contributed by atoms with Gasteiger partial charge in [-0.05, 0) is 62.2 Å². The maximum absolute atomic E-state index is 13.6. The first-order valence-corrected chi connectivity index (χ1v) is 13.1. The second kappa shape index (κ2) is 10.9. The first kappa shape index (κ1) is 26.6. The van der Waals surface area contributed by atoms with Crippen molar-refractivity contribution < 1.29 is 31.6 Å². The van der Waals surface area contributed by atoms with E-state index in [4.69, 9.17) is 9.15 Å². The highest BCUT2D eigenvalue weighted by Gasteiger charge is 2.34. The predicted molar refractivity (Wildman–Crippen MR) is 139 cm³/mol. The summed E-state index contributed by atoms with van der Waals surface area (Å²) < 4.78 is 50.4. The van der Waals surface area contributed by atoms with Crippen LogP contribution in [0, 0.1) is 11.7 Å². The topological polar surface area (TPSA) is 109 Å². The molecule has 1 fully saturated rings. The Balaban J connectivity index is 1.98. The van der Waals surface area contributed by atoms with Crippen LogP contribution >= 0.6 is 0 Å². The van der Waals surface area contributed by atoms with Crippen LogP contribution in [0.4, 0.5) is 10.1 Å². The third-order valence-electron chi connectivity index (χ3n) is 6.78. The first-order chi connectivity index (χ1) is 17.7. The zero-order chi connectivity index (χ0) is 26.9. The lowest BCUT2D eigenvalue weighted by Crippen LogP contribution is -2.41. The van der Waals surface area contributed by atoms with Gasteiger partial charge in [0, 0.05) is 43.7 Å². The van der Waals surface area contributed by atoms with Gasteiger partial charge in [0.15, 0.2) is 0 Å². The van der Waals surface area contributed by atoms with Crippen molar-refractivity contribution in [1.29, 1.82) is 0 Å². The molecule has 1 aliphatic rings. The van der Waals surface area contributed by atoms with Crippen LogP contribution in [0.5, 0.6) is 0 Å². The maximum atomic E-state index is 13.6. The monoisotopic (exact) mass is 531 g/mol. The number of amides is 1. The quantitative estimate of drug-likeness (QED) is 0.356. The Bertz CT molecular complexity index is 1390. The number of esters is 1. The molecule has 9 nitrogen and oxygen atoms in total. The maximum Gasteiger partial charge on any atom is 0.309 e. The minimum Gasteiger partial charge on any atom is -0.469 e. The number of methoxy groups -OCH3 is 1. The number of carbonyl (C=O) groups excluding carboxylic acids is 2. The van der Waals surface area contributed by atoms with Crippen LogP contribution < -0.4 is 9.62 Å². The van der Waals surface area contributed by atoms with Crippen LogP contribution in [0.25, 0.3) is 22.3 Å². The number of benzene rings is 2. The number of halogens is 1. The molecule has 0 bridgehead atoms. The Morgan fingerprint density at radius 2 is 1.92 bits per heavy atom. The van der Waals surface area contributed by atoms with Gasteiger partial charge in [0.1, 0.15) is 17.2 Å². The van der Waals surface area contributed by atoms with Crippen molar-refractivity contribution in [1.82, 2.24) is 10.2 Å². The molecule has 1 N–H and O–H groups in total. The second-order valence-electron chi connectivity index (χ2n) is 9.13. The molecule has 4 rings (SSSR count). The number of rotatable bonds is 7. The van der Waals surface area contributed by atoms with Gasteiger partial charge in [-0.25, -0.2) is 12.8 Å². The zero-order valence-corrected chi connectivity index (χ0v) is 22.0. The Labute approximate surface area is 216 Å². The van der Waals surface area contributed by atoms with Gasteiger partial charge in [-0.15, -0.1) is 0 Å². The zero-order valence-electron chi connectivity index (χ0n) is 21.1. The van der Waals surface area contributed by atoms with E-state index in [1.807, 2.05) is 11.9 Å². The molecule has 0 spiro atoms. The Morgan fingerprint density at radius 1 is 1.22 bits per heavy atom. The van der Waals surface area contributed by atoms with E-state index in [0.29, 0.717) is 47.3 Å². The van der Waals surface area contributed by atoms with Gasteiger partial charge in [0.2, 0.25) is 10.9 Å². The predicted octanol–water partition coefficient (Wildman–Crippen LogP) is 3.16. The van der Waals surface area contributed by atoms with Crippen LogP contribution in [-0.2, 0) is 20.4 Å². The van der Waals surface area contributed by atoms with E-state index in [-0.39, 0.29) is 35.7 Å². The van der Waals surface area contributed by atoms with Gasteiger partial charge in [-0.3, -0.25) is 13.9 Å². The average Bonchev–Trinajstić information content (AvgIpc) is 3.25. The standard InChI is InChI=1S/C26H30FN3O6S/c1-5-30(37(33)34)21-12-22-20(11-19(21)16-10-17(26(32)35-4)14-29(3)13-16)23(25(31)28-2)24(36-22)15-6-8-18(27)9-7-15/h6-9,11-12,16-17,37H,5,10,13-14H2,1-4H3,(H,28,31). The molecule has 1 saturated heterocycles. The molecule has 2 atom stereocenters. The van der Waals surface area contributed by atoms with Gasteiger partial charge in [-0.1, -0.05) is 0 Å². The van der Waals surface area contributed by atoms with E-state index in [9.17, 15) is 22.4 Å². The van der Waals surface area contributed by atoms with Gasteiger partial charge < -0.3 is 19.4 Å². The lowest BCUT2D eigenvalue weighted by molar-refractivity contribution is -0.147. The number of furan rings is 1. The second-order valence-corrected chi connectivity index (χ2v) is 10.1. The van der Waals surface area contributed by atoms with E-state index in [1.54, 1.807) is 19.1 Å². The normalized spacial score (nSPS) is 18.2. The van der Waals surface area contributed by atoms with Crippen LogP contribution in [0.2, 0.25) is 0 Å². The van der Waals surface area contributed by atoms with Gasteiger partial charge in [-0.2, -0.15) is 0 Å². The van der Waals surface area contributed by atoms with Crippen LogP contribution in [0.1, 0.15) is 35.2 Å². The summed E-state index contributed by atoms with van der Waals surface area (Å²) in [5.74, 6) is -1.49. The number of carbonyl (C=O) groups is 2. The summed E-state index contributed by atoms with van der Waals surface area (Å²) in [6.07, 6.45) is 0.459. The minimum absolute atomic E-state index is 0.189. The Hall–Kier alpha value is -3.44. The molecule has 2 heterocycles. The number of fused-ring (bicyclic) bond motifs is 1. The number of anilines is 1. The highest BCUT2D eigenvalue weighted by atomic mass is 32.2. The molecule has 1 amide bonds. The average molecular weight is 532 g/mol. The highest BCUT2D eigenvalue weighted by molar-refractivity contribution is 7.74. The van der Waals surface area contributed by atoms with Gasteiger partial charge in [0.05, 0.1) is 24.3 Å². The highest BCUT2D eigenvalue weighted by Crippen LogP contribution is 2.42. The van der Waals surface area contributed by atoms with Crippen molar-refractivity contribution in [3.63, 3.8) is 0 Å². The fraction of sp³-hybridized carbons (Fsp3) is 0.385. The largest absolute Gasteiger partial charge is 0.469 e. The number of nitrogens with zero attached hydrogens (tertiary/aromatic N) is 2. The van der Waals surface area contributed by atoms with E-state index in [2.05, 4.69) is 5.32 Å². The SMILES string of the molecule is CCN(c1cc2oc(-c3ccc(F)cc3)c(C(=O)NC)c2cc1C1CC(C(=O)OC)CN(C)C1)[SH](=O)=O. The summed E-state index contributed by atoms with van der Waals surface area (Å²) >= 11 is 0. The third-order valence-corrected chi connectivity index (χ3v) is 7.67. The molecule has 0 saturated carbocycles. The number of piperidine rings is 1. The summed E-state index contributed by atoms with van der Waals surface area (Å²) in [6, 6.07) is 9.00. The molecule has 1 aliphatic heterocycles. The van der Waals surface area contributed by atoms with Gasteiger partial charge >= 0.3 is 5.97 Å². The number of likely N-dealkylation sites (tertiary alicyclic amines) is 1. The molecule has 11 heteroatoms. The number of nitrogens with one attached hydrogen (secondary N) is 1. The number of hydrogen-bond acceptors (Lipinski definition) is 7. The van der Waals surface area contributed by atoms with Crippen LogP contribution in [0.15, 0.2) is 40.8 Å². The number of thiol groups is 1. The smallest absolute Gasteiger partial charge is 0.309 e. The molecule has 2 aromatic carbocycles. The third kappa shape index (κ3) is 5.19. The van der Waals surface area contributed by atoms with E-state index < -0.39 is 22.6 Å². The van der Waals surface area contributed by atoms with E-state index in [0.717, 1.165) is 0 Å². The van der Waals surface area contributed by atoms with Crippen molar-refractivity contribution in [2.45, 2.75) is 19.3 Å². The molecular weight excluding hydrogens is 501 g/mol. The van der Waals surface area contributed by atoms with E-state index in [1.165, 1.54) is 42.7 Å². The van der Waals surface area contributed by atoms with E-state index >= 15 is 0 Å². The molecule has 1 aromatic heterocycles. The number of ether oxygens (including phenoxy) is 1. The number of likely N-dealkylation sites (N-methyl/N-ethyl adjacent to an activating group) is 1. The number of hydrogen-bond donors (Lipinski definition) is 2. The molecule has 37 heavy (non-hydrogen) atoms. The van der Waals surface area contributed by atoms with Crippen LogP contribution in [0.3, 0.4) is 0 Å². The van der Waals surface area contributed by atoms with Crippen molar-refractivity contribution >= 4 is 39.4 Å².